The lowest BCUT2D eigenvalue weighted by atomic mass is 9.83. The van der Waals surface area contributed by atoms with E-state index in [-0.39, 0.29) is 69.9 Å². The summed E-state index contributed by atoms with van der Waals surface area (Å²) in [7, 11) is 4.93. The molecule has 0 saturated heterocycles. The molecule has 11 aromatic carbocycles. The molecular formula is C110H96Br2Cl4F8N9O2S4+. The number of fused-ring (bicyclic) bond motifs is 4. The molecule has 16 aromatic rings. The zero-order valence-corrected chi connectivity index (χ0v) is 86.4. The van der Waals surface area contributed by atoms with Gasteiger partial charge in [0, 0.05) is 115 Å². The monoisotopic (exact) mass is 2150 g/mol. The first-order chi connectivity index (χ1) is 67.1. The van der Waals surface area contributed by atoms with E-state index in [4.69, 9.17) is 75.8 Å². The number of hydrogen-bond acceptors (Lipinski definition) is 10. The third-order valence-electron chi connectivity index (χ3n) is 25.7. The van der Waals surface area contributed by atoms with E-state index in [9.17, 15) is 35.1 Å². The predicted octanol–water partition coefficient (Wildman–Crippen LogP) is 31.9. The van der Waals surface area contributed by atoms with Crippen molar-refractivity contribution in [2.24, 2.45) is 7.05 Å². The molecule has 11 nitrogen and oxygen atoms in total. The Bertz CT molecular complexity index is 6840. The van der Waals surface area contributed by atoms with Crippen LogP contribution in [0.3, 0.4) is 0 Å². The van der Waals surface area contributed by atoms with Crippen molar-refractivity contribution >= 4 is 125 Å². The highest BCUT2D eigenvalue weighted by molar-refractivity contribution is 9.11. The summed E-state index contributed by atoms with van der Waals surface area (Å²) in [4.78, 5) is 20.0. The lowest BCUT2D eigenvalue weighted by Crippen LogP contribution is -2.29. The van der Waals surface area contributed by atoms with Gasteiger partial charge >= 0.3 is 0 Å². The fourth-order valence-corrected chi connectivity index (χ4v) is 25.6. The molecule has 4 atom stereocenters. The van der Waals surface area contributed by atoms with Crippen molar-refractivity contribution in [1.29, 1.82) is 0 Å². The van der Waals surface area contributed by atoms with E-state index in [1.165, 1.54) is 141 Å². The van der Waals surface area contributed by atoms with Gasteiger partial charge in [0.05, 0.1) is 59.8 Å². The summed E-state index contributed by atoms with van der Waals surface area (Å²) in [5.74, 6) is 0.762. The van der Waals surface area contributed by atoms with Crippen molar-refractivity contribution in [1.82, 2.24) is 38.2 Å². The van der Waals surface area contributed by atoms with Gasteiger partial charge in [-0.3, -0.25) is 18.3 Å². The van der Waals surface area contributed by atoms with Gasteiger partial charge < -0.3 is 9.47 Å². The number of hydrogen-bond donors (Lipinski definition) is 0. The van der Waals surface area contributed by atoms with Crippen molar-refractivity contribution in [2.75, 3.05) is 14.2 Å². The highest BCUT2D eigenvalue weighted by Gasteiger charge is 2.37. The number of pyridine rings is 1. The summed E-state index contributed by atoms with van der Waals surface area (Å²) in [6.45, 7) is 8.12. The highest BCUT2D eigenvalue weighted by Crippen LogP contribution is 2.49. The second-order valence-electron chi connectivity index (χ2n) is 34.8. The van der Waals surface area contributed by atoms with Gasteiger partial charge in [-0.25, -0.2) is 50.8 Å². The summed E-state index contributed by atoms with van der Waals surface area (Å²) in [5, 5.41) is 5.34. The number of methoxy groups -OCH3 is 2. The van der Waals surface area contributed by atoms with Gasteiger partial charge in [0.2, 0.25) is 12.4 Å². The minimum Gasteiger partial charge on any atom is -0.496 e. The van der Waals surface area contributed by atoms with Crippen LogP contribution in [0.1, 0.15) is 187 Å². The third-order valence-corrected chi connectivity index (χ3v) is 32.6. The van der Waals surface area contributed by atoms with Gasteiger partial charge in [-0.05, 0) is 313 Å². The first-order valence-corrected chi connectivity index (χ1v) is 52.6. The Balaban J connectivity index is 0.000000128. The molecule has 0 fully saturated rings. The molecule has 2 unspecified atom stereocenters. The Morgan fingerprint density at radius 2 is 0.604 bits per heavy atom. The number of aryl methyl sites for hydroxylation is 9. The molecule has 0 spiro atoms. The number of aromatic nitrogens is 9. The molecule has 0 amide bonds. The maximum atomic E-state index is 14.5. The van der Waals surface area contributed by atoms with E-state index in [1.807, 2.05) is 80.8 Å². The normalized spacial score (nSPS) is 15.3. The Morgan fingerprint density at radius 3 is 0.885 bits per heavy atom. The van der Waals surface area contributed by atoms with Crippen LogP contribution in [0.4, 0.5) is 35.1 Å². The van der Waals surface area contributed by atoms with Gasteiger partial charge in [-0.2, -0.15) is 8.78 Å². The predicted molar refractivity (Wildman–Crippen MR) is 551 cm³/mol. The van der Waals surface area contributed by atoms with Crippen molar-refractivity contribution in [2.45, 2.75) is 172 Å². The molecule has 5 heterocycles. The third kappa shape index (κ3) is 22.6. The number of benzene rings is 11. The second kappa shape index (κ2) is 45.1. The zero-order chi connectivity index (χ0) is 97.6. The minimum absolute atomic E-state index is 0.00426. The first-order valence-electron chi connectivity index (χ1n) is 45.6. The van der Waals surface area contributed by atoms with Crippen molar-refractivity contribution < 1.29 is 49.2 Å². The topological polar surface area (TPSA) is 93.6 Å². The number of nitrogens with zero attached hydrogens (tertiary/aromatic N) is 9. The average Bonchev–Trinajstić information content (AvgIpc) is 1.63. The van der Waals surface area contributed by atoms with E-state index >= 15 is 0 Å². The summed E-state index contributed by atoms with van der Waals surface area (Å²) in [6.07, 6.45) is 14.0. The van der Waals surface area contributed by atoms with Crippen LogP contribution >= 0.6 is 125 Å². The van der Waals surface area contributed by atoms with Crippen molar-refractivity contribution in [3.63, 3.8) is 0 Å². The van der Waals surface area contributed by atoms with Gasteiger partial charge in [-0.15, -0.1) is 0 Å². The van der Waals surface area contributed by atoms with E-state index in [0.29, 0.717) is 42.9 Å². The van der Waals surface area contributed by atoms with Gasteiger partial charge in [-0.1, -0.05) is 192 Å². The fraction of sp³-hybridized carbons (Fsp3) is 0.245. The fourth-order valence-electron chi connectivity index (χ4n) is 18.8. The van der Waals surface area contributed by atoms with Crippen LogP contribution < -0.4 is 14.0 Å². The number of imidazole rings is 4. The molecule has 5 aromatic heterocycles. The van der Waals surface area contributed by atoms with Gasteiger partial charge in [0.15, 0.2) is 32.3 Å². The summed E-state index contributed by atoms with van der Waals surface area (Å²) in [5.41, 5.74) is 23.1. The number of thioether (sulfide) groups is 4. The van der Waals surface area contributed by atoms with E-state index < -0.39 is 11.6 Å². The SMILES string of the molecule is COc1ccc([C@@H]2CCCc3nc(SCc4c(F)cccc4Cl)n(-c4ccc(F)cc4)c32)cc1C.COc1ccc([C@H]2CCCc3nc(SCc4c(F)cccc4Cl)n(-c4ccc(F)cc4)c32)cc1C.Cc1cc(C2CCCc3nc(SCc4c(Br)cccc4Br)n(-c4ccc(F)cc4)c32)ccc1Cl.Cc1cc(C2CCCc3nc(SCc4c(F)c[n+](C)cc4F)n(-c4ccc(F)cc4)c32)ccc1Cl. The molecule has 4 aliphatic carbocycles. The van der Waals surface area contributed by atoms with Crippen LogP contribution in [0, 0.1) is 74.2 Å². The Labute approximate surface area is 857 Å². The van der Waals surface area contributed by atoms with Crippen LogP contribution in [0.5, 0.6) is 11.5 Å². The standard InChI is InChI=1S/2C28H25ClF2N2OS.C27H22Br2ClFN2S.C27H24ClF3N3S/c2*1-17-15-18(9-14-26(17)34-2)21-5-3-8-25-27(21)33(20-12-10-19(30)11-13-20)28(32-25)35-16-22-23(29)6-4-7-24(22)31;1-16-14-17(8-13-24(16)30)20-4-2-7-25-26(20)33(19-11-9-18(31)10-12-19)27(32-25)34-15-21-22(28)5-3-6-23(21)29;1-16-12-17(6-11-22(16)28)20-4-3-5-25-26(20)34(19-9-7-18(29)8-10-19)27(32-25)35-15-21-23(30)13-33(2)14-24(21)31/h2*4,6-7,9-15,21H,3,5,8,16H2,1-2H3;3,5-6,8-14,20H,2,4,7,15H2,1H3;6-14,20H,3-5,15H2,1-2H3/q;;;+1/t2*21-;;/m10../s1. The summed E-state index contributed by atoms with van der Waals surface area (Å²) >= 11 is 38.4. The van der Waals surface area contributed by atoms with E-state index in [0.717, 1.165) is 214 Å². The van der Waals surface area contributed by atoms with Crippen molar-refractivity contribution in [3.05, 3.63) is 425 Å². The van der Waals surface area contributed by atoms with Crippen LogP contribution in [0.15, 0.2) is 266 Å². The van der Waals surface area contributed by atoms with E-state index in [2.05, 4.69) is 100 Å². The zero-order valence-electron chi connectivity index (χ0n) is 76.9. The quantitative estimate of drug-likeness (QED) is 0.0371. The Hall–Kier alpha value is -10.0. The minimum atomic E-state index is -0.598. The largest absolute Gasteiger partial charge is 0.496 e. The lowest BCUT2D eigenvalue weighted by molar-refractivity contribution is -0.674. The molecular weight excluding hydrogens is 2060 g/mol. The highest BCUT2D eigenvalue weighted by atomic mass is 79.9. The molecule has 29 heteroatoms. The van der Waals surface area contributed by atoms with Crippen LogP contribution in [-0.4, -0.2) is 52.4 Å². The van der Waals surface area contributed by atoms with Crippen LogP contribution in [-0.2, 0) is 55.7 Å². The number of ether oxygens (including phenoxy) is 2. The Kier molecular flexibility index (Phi) is 32.6. The maximum Gasteiger partial charge on any atom is 0.205 e. The Morgan fingerprint density at radius 1 is 0.331 bits per heavy atom. The number of halogens is 14. The lowest BCUT2D eigenvalue weighted by Gasteiger charge is -2.26. The number of rotatable bonds is 22. The average molecular weight is 2160 g/mol. The molecule has 0 bridgehead atoms. The van der Waals surface area contributed by atoms with Crippen molar-refractivity contribution in [3.8, 4) is 34.2 Å². The van der Waals surface area contributed by atoms with Crippen LogP contribution in [0.2, 0.25) is 20.1 Å². The molecule has 0 aliphatic heterocycles. The second-order valence-corrected chi connectivity index (χ2v) is 41.9. The molecule has 20 rings (SSSR count). The molecule has 0 N–H and O–H groups in total. The molecule has 0 saturated carbocycles. The van der Waals surface area contributed by atoms with Crippen LogP contribution in [0.25, 0.3) is 22.7 Å². The molecule has 139 heavy (non-hydrogen) atoms. The molecule has 4 aliphatic rings. The van der Waals surface area contributed by atoms with Gasteiger partial charge in [0.1, 0.15) is 53.5 Å². The van der Waals surface area contributed by atoms with E-state index in [1.54, 1.807) is 93.7 Å². The first kappa shape index (κ1) is 100. The summed E-state index contributed by atoms with van der Waals surface area (Å²) in [6, 6.07) is 66.4. The molecule has 714 valence electrons. The van der Waals surface area contributed by atoms with Gasteiger partial charge in [0.25, 0.3) is 0 Å². The smallest absolute Gasteiger partial charge is 0.205 e. The molecule has 0 radical (unpaired) electrons. The summed E-state index contributed by atoms with van der Waals surface area (Å²) < 4.78 is 136. The maximum absolute atomic E-state index is 14.5.